The summed E-state index contributed by atoms with van der Waals surface area (Å²) < 4.78 is 8.69. The molecule has 0 atom stereocenters. The molecule has 3 aromatic rings. The SMILES string of the molecule is CCOc1cccc2sc(=NC(=O)c3ccc(N(CC)CC)cc3)n(C)c12. The fraction of sp³-hybridized carbons (Fsp3) is 0.333. The molecule has 0 aliphatic heterocycles. The van der Waals surface area contributed by atoms with Gasteiger partial charge in [-0.3, -0.25) is 4.79 Å². The van der Waals surface area contributed by atoms with Crippen molar-refractivity contribution < 1.29 is 9.53 Å². The van der Waals surface area contributed by atoms with Crippen LogP contribution in [0.15, 0.2) is 47.5 Å². The fourth-order valence-corrected chi connectivity index (χ4v) is 4.14. The van der Waals surface area contributed by atoms with Crippen molar-refractivity contribution in [1.29, 1.82) is 0 Å². The van der Waals surface area contributed by atoms with E-state index < -0.39 is 0 Å². The molecular weight excluding hydrogens is 358 g/mol. The monoisotopic (exact) mass is 383 g/mol. The molecule has 0 bridgehead atoms. The Hall–Kier alpha value is -2.60. The van der Waals surface area contributed by atoms with Gasteiger partial charge in [0.2, 0.25) is 0 Å². The van der Waals surface area contributed by atoms with Crippen LogP contribution in [0.5, 0.6) is 5.75 Å². The zero-order valence-corrected chi connectivity index (χ0v) is 17.0. The number of anilines is 1. The van der Waals surface area contributed by atoms with Gasteiger partial charge >= 0.3 is 0 Å². The van der Waals surface area contributed by atoms with E-state index in [4.69, 9.17) is 4.74 Å². The minimum Gasteiger partial charge on any atom is -0.492 e. The van der Waals surface area contributed by atoms with Gasteiger partial charge in [0.25, 0.3) is 5.91 Å². The number of aryl methyl sites for hydroxylation is 1. The van der Waals surface area contributed by atoms with Gasteiger partial charge in [-0.05, 0) is 57.2 Å². The molecule has 0 saturated carbocycles. The number of rotatable bonds is 6. The number of para-hydroxylation sites is 1. The van der Waals surface area contributed by atoms with Crippen LogP contribution in [-0.2, 0) is 7.05 Å². The van der Waals surface area contributed by atoms with Crippen LogP contribution in [0.4, 0.5) is 5.69 Å². The molecule has 6 heteroatoms. The first-order chi connectivity index (χ1) is 13.1. The highest BCUT2D eigenvalue weighted by atomic mass is 32.1. The van der Waals surface area contributed by atoms with Gasteiger partial charge < -0.3 is 14.2 Å². The Morgan fingerprint density at radius 2 is 1.81 bits per heavy atom. The van der Waals surface area contributed by atoms with Gasteiger partial charge in [0.1, 0.15) is 11.3 Å². The van der Waals surface area contributed by atoms with Gasteiger partial charge in [0.05, 0.1) is 11.3 Å². The lowest BCUT2D eigenvalue weighted by Gasteiger charge is -2.20. The van der Waals surface area contributed by atoms with Crippen LogP contribution < -0.4 is 14.4 Å². The summed E-state index contributed by atoms with van der Waals surface area (Å²) in [6.07, 6.45) is 0. The summed E-state index contributed by atoms with van der Waals surface area (Å²) in [4.78, 5) is 19.9. The molecule has 3 rings (SSSR count). The minimum absolute atomic E-state index is 0.235. The van der Waals surface area contributed by atoms with Gasteiger partial charge in [-0.2, -0.15) is 4.99 Å². The number of carbonyl (C=O) groups is 1. The third-order valence-corrected chi connectivity index (χ3v) is 5.62. The van der Waals surface area contributed by atoms with Crippen molar-refractivity contribution in [3.8, 4) is 5.75 Å². The predicted octanol–water partition coefficient (Wildman–Crippen LogP) is 4.23. The molecule has 0 unspecified atom stereocenters. The molecule has 1 amide bonds. The van der Waals surface area contributed by atoms with Gasteiger partial charge in [-0.15, -0.1) is 0 Å². The van der Waals surface area contributed by atoms with Crippen molar-refractivity contribution in [3.05, 3.63) is 52.8 Å². The van der Waals surface area contributed by atoms with E-state index in [1.807, 2.05) is 61.0 Å². The van der Waals surface area contributed by atoms with E-state index in [9.17, 15) is 4.79 Å². The van der Waals surface area contributed by atoms with Gasteiger partial charge in [-0.1, -0.05) is 17.4 Å². The summed E-state index contributed by atoms with van der Waals surface area (Å²) in [5.41, 5.74) is 2.67. The average Bonchev–Trinajstić information content (AvgIpc) is 3.00. The summed E-state index contributed by atoms with van der Waals surface area (Å²) >= 11 is 1.49. The number of nitrogens with zero attached hydrogens (tertiary/aromatic N) is 3. The summed E-state index contributed by atoms with van der Waals surface area (Å²) in [6, 6.07) is 13.6. The van der Waals surface area contributed by atoms with Gasteiger partial charge in [-0.25, -0.2) is 0 Å². The maximum Gasteiger partial charge on any atom is 0.279 e. The number of hydrogen-bond acceptors (Lipinski definition) is 4. The lowest BCUT2D eigenvalue weighted by molar-refractivity contribution is 0.0998. The van der Waals surface area contributed by atoms with Crippen LogP contribution in [0.25, 0.3) is 10.2 Å². The van der Waals surface area contributed by atoms with Crippen LogP contribution in [0, 0.1) is 0 Å². The Kier molecular flexibility index (Phi) is 5.96. The standard InChI is InChI=1S/C21H25N3O2S/c1-5-24(6-2)16-13-11-15(12-14-16)20(25)22-21-23(4)19-17(26-7-3)9-8-10-18(19)27-21/h8-14H,5-7H2,1-4H3. The summed E-state index contributed by atoms with van der Waals surface area (Å²) in [5.74, 6) is 0.576. The first-order valence-corrected chi connectivity index (χ1v) is 10.1. The minimum atomic E-state index is -0.235. The zero-order chi connectivity index (χ0) is 19.4. The maximum atomic E-state index is 12.7. The number of carbonyl (C=O) groups excluding carboxylic acids is 1. The highest BCUT2D eigenvalue weighted by molar-refractivity contribution is 7.16. The van der Waals surface area contributed by atoms with E-state index >= 15 is 0 Å². The number of aromatic nitrogens is 1. The van der Waals surface area contributed by atoms with Crippen LogP contribution in [0.3, 0.4) is 0 Å². The highest BCUT2D eigenvalue weighted by Gasteiger charge is 2.11. The predicted molar refractivity (Wildman–Crippen MR) is 112 cm³/mol. The maximum absolute atomic E-state index is 12.7. The smallest absolute Gasteiger partial charge is 0.279 e. The lowest BCUT2D eigenvalue weighted by Crippen LogP contribution is -2.21. The molecule has 0 aliphatic carbocycles. The molecule has 2 aromatic carbocycles. The third-order valence-electron chi connectivity index (χ3n) is 4.53. The second kappa shape index (κ2) is 8.39. The van der Waals surface area contributed by atoms with Gasteiger partial charge in [0, 0.05) is 31.4 Å². The first kappa shape index (κ1) is 19.2. The Morgan fingerprint density at radius 3 is 2.44 bits per heavy atom. The normalized spacial score (nSPS) is 11.8. The number of ether oxygens (including phenoxy) is 1. The van der Waals surface area contributed by atoms with Crippen molar-refractivity contribution in [2.75, 3.05) is 24.6 Å². The molecule has 0 saturated heterocycles. The molecule has 0 fully saturated rings. The van der Waals surface area contributed by atoms with Crippen LogP contribution in [-0.4, -0.2) is 30.2 Å². The molecule has 0 spiro atoms. The van der Waals surface area contributed by atoms with E-state index in [0.717, 1.165) is 34.7 Å². The van der Waals surface area contributed by atoms with Crippen LogP contribution >= 0.6 is 11.3 Å². The lowest BCUT2D eigenvalue weighted by atomic mass is 10.2. The van der Waals surface area contributed by atoms with Crippen LogP contribution in [0.1, 0.15) is 31.1 Å². The molecule has 1 aromatic heterocycles. The summed E-state index contributed by atoms with van der Waals surface area (Å²) in [7, 11) is 1.91. The van der Waals surface area contributed by atoms with Crippen LogP contribution in [0.2, 0.25) is 0 Å². The number of amides is 1. The first-order valence-electron chi connectivity index (χ1n) is 9.24. The Labute approximate surface area is 163 Å². The number of fused-ring (bicyclic) bond motifs is 1. The molecular formula is C21H25N3O2S. The average molecular weight is 384 g/mol. The van der Waals surface area contributed by atoms with Crippen molar-refractivity contribution in [2.45, 2.75) is 20.8 Å². The van der Waals surface area contributed by atoms with Crippen molar-refractivity contribution >= 4 is 33.1 Å². The van der Waals surface area contributed by atoms with Crippen molar-refractivity contribution in [1.82, 2.24) is 4.57 Å². The molecule has 1 heterocycles. The topological polar surface area (TPSA) is 46.8 Å². The number of benzene rings is 2. The highest BCUT2D eigenvalue weighted by Crippen LogP contribution is 2.27. The molecule has 0 N–H and O–H groups in total. The second-order valence-electron chi connectivity index (χ2n) is 6.12. The Morgan fingerprint density at radius 1 is 1.11 bits per heavy atom. The van der Waals surface area contributed by atoms with Crippen molar-refractivity contribution in [2.24, 2.45) is 12.0 Å². The number of hydrogen-bond donors (Lipinski definition) is 0. The zero-order valence-electron chi connectivity index (χ0n) is 16.2. The number of thiazole rings is 1. The third kappa shape index (κ3) is 3.90. The largest absolute Gasteiger partial charge is 0.492 e. The van der Waals surface area contributed by atoms with E-state index in [2.05, 4.69) is 23.7 Å². The summed E-state index contributed by atoms with van der Waals surface area (Å²) in [5, 5.41) is 0. The van der Waals surface area contributed by atoms with Crippen molar-refractivity contribution in [3.63, 3.8) is 0 Å². The van der Waals surface area contributed by atoms with Gasteiger partial charge in [0.15, 0.2) is 4.80 Å². The Balaban J connectivity index is 1.96. The van der Waals surface area contributed by atoms with E-state index in [1.165, 1.54) is 11.3 Å². The second-order valence-corrected chi connectivity index (χ2v) is 7.12. The van der Waals surface area contributed by atoms with E-state index in [0.29, 0.717) is 17.0 Å². The molecule has 27 heavy (non-hydrogen) atoms. The quantitative estimate of drug-likeness (QED) is 0.640. The molecule has 0 radical (unpaired) electrons. The summed E-state index contributed by atoms with van der Waals surface area (Å²) in [6.45, 7) is 8.68. The fourth-order valence-electron chi connectivity index (χ4n) is 3.10. The Bertz CT molecular complexity index is 998. The molecule has 5 nitrogen and oxygen atoms in total. The van der Waals surface area contributed by atoms with E-state index in [1.54, 1.807) is 0 Å². The van der Waals surface area contributed by atoms with E-state index in [-0.39, 0.29) is 5.91 Å². The molecule has 142 valence electrons. The molecule has 0 aliphatic rings.